The van der Waals surface area contributed by atoms with E-state index in [1.165, 1.54) is 36.9 Å². The molecule has 1 aromatic carbocycles. The smallest absolute Gasteiger partial charge is 0.134 e. The molecular weight excluding hydrogens is 346 g/mol. The Morgan fingerprint density at radius 2 is 2.08 bits per heavy atom. The third kappa shape index (κ3) is 2.62. The summed E-state index contributed by atoms with van der Waals surface area (Å²) in [5.74, 6) is 2.69. The minimum absolute atomic E-state index is 0. The van der Waals surface area contributed by atoms with Crippen LogP contribution >= 0.6 is 12.4 Å². The van der Waals surface area contributed by atoms with Crippen LogP contribution in [-0.4, -0.2) is 34.9 Å². The summed E-state index contributed by atoms with van der Waals surface area (Å²) in [6, 6.07) is 6.50. The molecule has 26 heavy (non-hydrogen) atoms. The number of fused-ring (bicyclic) bond motifs is 1. The van der Waals surface area contributed by atoms with Crippen LogP contribution in [0.3, 0.4) is 0 Å². The molecule has 4 heteroatoms. The van der Waals surface area contributed by atoms with Crippen molar-refractivity contribution in [3.05, 3.63) is 29.3 Å². The number of rotatable bonds is 2. The Bertz CT molecular complexity index is 716. The van der Waals surface area contributed by atoms with E-state index in [1.807, 2.05) is 12.1 Å². The van der Waals surface area contributed by atoms with Gasteiger partial charge in [0.05, 0.1) is 0 Å². The number of halogens is 1. The molecule has 2 saturated carbocycles. The van der Waals surface area contributed by atoms with Crippen LogP contribution in [-0.2, 0) is 16.6 Å². The average Bonchev–Trinajstić information content (AvgIpc) is 2.52. The summed E-state index contributed by atoms with van der Waals surface area (Å²) in [6.45, 7) is 4.67. The Kier molecular flexibility index (Phi) is 4.60. The largest absolute Gasteiger partial charge is 0.508 e. The first-order valence-corrected chi connectivity index (χ1v) is 10.1. The normalized spacial score (nSPS) is 36.5. The summed E-state index contributed by atoms with van der Waals surface area (Å²) in [5, 5.41) is 10.1. The molecule has 4 aliphatic rings. The first kappa shape index (κ1) is 18.3. The fourth-order valence-electron chi connectivity index (χ4n) is 6.64. The van der Waals surface area contributed by atoms with Crippen LogP contribution < -0.4 is 0 Å². The molecular formula is C22H30ClNO2. The van der Waals surface area contributed by atoms with Crippen molar-refractivity contribution in [3.63, 3.8) is 0 Å². The second kappa shape index (κ2) is 6.53. The van der Waals surface area contributed by atoms with Crippen LogP contribution in [0.4, 0.5) is 0 Å². The lowest BCUT2D eigenvalue weighted by Crippen LogP contribution is -2.64. The van der Waals surface area contributed by atoms with Gasteiger partial charge in [0, 0.05) is 30.8 Å². The van der Waals surface area contributed by atoms with E-state index < -0.39 is 0 Å². The molecule has 2 bridgehead atoms. The molecule has 5 rings (SSSR count). The Labute approximate surface area is 162 Å². The maximum absolute atomic E-state index is 12.6. The molecule has 4 atom stereocenters. The topological polar surface area (TPSA) is 40.5 Å². The number of carbonyl (C=O) groups is 1. The molecule has 0 amide bonds. The van der Waals surface area contributed by atoms with Crippen molar-refractivity contribution in [1.29, 1.82) is 0 Å². The highest BCUT2D eigenvalue weighted by Gasteiger charge is 2.57. The second-order valence-electron chi connectivity index (χ2n) is 9.23. The molecule has 1 aliphatic heterocycles. The van der Waals surface area contributed by atoms with Crippen molar-refractivity contribution < 1.29 is 9.90 Å². The number of hydrogen-bond acceptors (Lipinski definition) is 3. The third-order valence-corrected chi connectivity index (χ3v) is 7.82. The Morgan fingerprint density at radius 1 is 1.27 bits per heavy atom. The van der Waals surface area contributed by atoms with Gasteiger partial charge in [-0.25, -0.2) is 0 Å². The van der Waals surface area contributed by atoms with Crippen LogP contribution in [0.1, 0.15) is 56.6 Å². The molecule has 1 saturated heterocycles. The molecule has 0 spiro atoms. The van der Waals surface area contributed by atoms with E-state index in [4.69, 9.17) is 0 Å². The van der Waals surface area contributed by atoms with Crippen molar-refractivity contribution in [2.75, 3.05) is 13.1 Å². The second-order valence-corrected chi connectivity index (χ2v) is 9.23. The SMILES string of the molecule is C[C@H]1CC(=O)CC23CCN(CC4CCC4)C(Cc4ccc(O)cc42)[C@H]13.Cl. The highest BCUT2D eigenvalue weighted by atomic mass is 35.5. The molecule has 0 radical (unpaired) electrons. The minimum Gasteiger partial charge on any atom is -0.508 e. The van der Waals surface area contributed by atoms with Gasteiger partial charge >= 0.3 is 0 Å². The molecule has 1 N–H and O–H groups in total. The summed E-state index contributed by atoms with van der Waals surface area (Å²) >= 11 is 0. The zero-order valence-electron chi connectivity index (χ0n) is 15.6. The van der Waals surface area contributed by atoms with Gasteiger partial charge in [-0.3, -0.25) is 9.69 Å². The average molecular weight is 376 g/mol. The van der Waals surface area contributed by atoms with Gasteiger partial charge in [0.15, 0.2) is 0 Å². The summed E-state index contributed by atoms with van der Waals surface area (Å²) < 4.78 is 0. The zero-order chi connectivity index (χ0) is 17.2. The number of phenols is 1. The molecule has 1 heterocycles. The van der Waals surface area contributed by atoms with E-state index in [2.05, 4.69) is 17.9 Å². The van der Waals surface area contributed by atoms with Crippen molar-refractivity contribution >= 4 is 18.2 Å². The van der Waals surface area contributed by atoms with E-state index in [-0.39, 0.29) is 17.8 Å². The van der Waals surface area contributed by atoms with E-state index in [0.29, 0.717) is 35.8 Å². The van der Waals surface area contributed by atoms with E-state index >= 15 is 0 Å². The van der Waals surface area contributed by atoms with Gasteiger partial charge in [-0.15, -0.1) is 12.4 Å². The van der Waals surface area contributed by atoms with Crippen LogP contribution in [0, 0.1) is 17.8 Å². The van der Waals surface area contributed by atoms with Gasteiger partial charge in [-0.2, -0.15) is 0 Å². The fraction of sp³-hybridized carbons (Fsp3) is 0.682. The number of Topliss-reactive ketones (excluding diaryl/α,β-unsaturated/α-hetero) is 1. The monoisotopic (exact) mass is 375 g/mol. The Hall–Kier alpha value is -1.06. The lowest BCUT2D eigenvalue weighted by molar-refractivity contribution is -0.131. The molecule has 2 unspecified atom stereocenters. The van der Waals surface area contributed by atoms with E-state index in [0.717, 1.165) is 31.7 Å². The van der Waals surface area contributed by atoms with Gasteiger partial charge < -0.3 is 5.11 Å². The zero-order valence-corrected chi connectivity index (χ0v) is 16.4. The van der Waals surface area contributed by atoms with E-state index in [9.17, 15) is 9.90 Å². The highest BCUT2D eigenvalue weighted by Crippen LogP contribution is 2.57. The number of piperidine rings is 1. The Morgan fingerprint density at radius 3 is 2.81 bits per heavy atom. The van der Waals surface area contributed by atoms with Gasteiger partial charge in [0.1, 0.15) is 11.5 Å². The molecule has 1 aromatic rings. The third-order valence-electron chi connectivity index (χ3n) is 7.82. The highest BCUT2D eigenvalue weighted by molar-refractivity contribution is 5.85. The lowest BCUT2D eigenvalue weighted by atomic mass is 9.49. The first-order chi connectivity index (χ1) is 12.1. The molecule has 3 fully saturated rings. The van der Waals surface area contributed by atoms with Gasteiger partial charge in [0.25, 0.3) is 0 Å². The fourth-order valence-corrected chi connectivity index (χ4v) is 6.64. The molecule has 142 valence electrons. The predicted octanol–water partition coefficient (Wildman–Crippen LogP) is 4.10. The summed E-state index contributed by atoms with van der Waals surface area (Å²) in [4.78, 5) is 15.3. The van der Waals surface area contributed by atoms with Crippen LogP contribution in [0.5, 0.6) is 5.75 Å². The summed E-state index contributed by atoms with van der Waals surface area (Å²) in [7, 11) is 0. The number of nitrogens with zero attached hydrogens (tertiary/aromatic N) is 1. The van der Waals surface area contributed by atoms with Crippen molar-refractivity contribution in [3.8, 4) is 5.75 Å². The summed E-state index contributed by atoms with van der Waals surface area (Å²) in [6.07, 6.45) is 7.81. The molecule has 0 aromatic heterocycles. The van der Waals surface area contributed by atoms with Crippen LogP contribution in [0.2, 0.25) is 0 Å². The van der Waals surface area contributed by atoms with Crippen molar-refractivity contribution in [2.24, 2.45) is 17.8 Å². The van der Waals surface area contributed by atoms with E-state index in [1.54, 1.807) is 0 Å². The number of aromatic hydroxyl groups is 1. The van der Waals surface area contributed by atoms with Crippen LogP contribution in [0.15, 0.2) is 18.2 Å². The van der Waals surface area contributed by atoms with Crippen LogP contribution in [0.25, 0.3) is 0 Å². The number of benzene rings is 1. The number of carbonyl (C=O) groups excluding carboxylic acids is 1. The minimum atomic E-state index is -0.0259. The number of hydrogen-bond donors (Lipinski definition) is 1. The summed E-state index contributed by atoms with van der Waals surface area (Å²) in [5.41, 5.74) is 2.64. The molecule has 3 nitrogen and oxygen atoms in total. The maximum atomic E-state index is 12.6. The van der Waals surface area contributed by atoms with Crippen molar-refractivity contribution in [1.82, 2.24) is 4.90 Å². The van der Waals surface area contributed by atoms with Gasteiger partial charge in [-0.05, 0) is 73.2 Å². The maximum Gasteiger partial charge on any atom is 0.134 e. The first-order valence-electron chi connectivity index (χ1n) is 10.1. The lowest BCUT2D eigenvalue weighted by Gasteiger charge is -2.61. The number of likely N-dealkylation sites (tertiary alicyclic amines) is 1. The number of ketones is 1. The van der Waals surface area contributed by atoms with Gasteiger partial charge in [0.2, 0.25) is 0 Å². The Balaban J connectivity index is 0.00000168. The predicted molar refractivity (Wildman–Crippen MR) is 105 cm³/mol. The number of phenolic OH excluding ortho intramolecular Hbond substituents is 1. The molecule has 3 aliphatic carbocycles. The quantitative estimate of drug-likeness (QED) is 0.846. The van der Waals surface area contributed by atoms with Crippen molar-refractivity contribution in [2.45, 2.75) is 63.3 Å². The standard InChI is InChI=1S/C22H29NO2.ClH/c1-14-9-18(25)12-22-7-8-23(13-15-3-2-4-15)20(21(14)22)10-16-5-6-17(24)11-19(16)22;/h5-6,11,14-15,20-21,24H,2-4,7-10,12-13H2,1H3;1H/t14-,20?,21-,22?;/m0./s1. The van der Waals surface area contributed by atoms with Gasteiger partial charge in [-0.1, -0.05) is 19.4 Å².